The van der Waals surface area contributed by atoms with E-state index in [1.807, 2.05) is 0 Å². The van der Waals surface area contributed by atoms with Crippen molar-refractivity contribution in [3.05, 3.63) is 48.0 Å². The van der Waals surface area contributed by atoms with Crippen LogP contribution in [-0.2, 0) is 28.8 Å². The van der Waals surface area contributed by atoms with Gasteiger partial charge in [0.2, 0.25) is 22.8 Å². The SMILES string of the molecule is C=C(C)C(=O)OCC(CNC(=O)CNC(=O)CNC(=O)CSC(=O)c1ccccc1)OO. The van der Waals surface area contributed by atoms with Crippen LogP contribution in [0, 0.1) is 0 Å². The summed E-state index contributed by atoms with van der Waals surface area (Å²) in [5.74, 6) is -2.54. The van der Waals surface area contributed by atoms with Crippen molar-refractivity contribution in [3.63, 3.8) is 0 Å². The molecule has 0 aliphatic carbocycles. The maximum absolute atomic E-state index is 11.9. The van der Waals surface area contributed by atoms with Crippen molar-refractivity contribution in [3.8, 4) is 0 Å². The number of nitrogens with one attached hydrogen (secondary N) is 3. The monoisotopic (exact) mass is 467 g/mol. The van der Waals surface area contributed by atoms with Gasteiger partial charge >= 0.3 is 5.97 Å². The molecule has 1 aromatic carbocycles. The first-order valence-electron chi connectivity index (χ1n) is 9.38. The van der Waals surface area contributed by atoms with Crippen molar-refractivity contribution >= 4 is 40.6 Å². The summed E-state index contributed by atoms with van der Waals surface area (Å²) in [7, 11) is 0. The van der Waals surface area contributed by atoms with Gasteiger partial charge in [-0.05, 0) is 6.92 Å². The minimum Gasteiger partial charge on any atom is -0.459 e. The summed E-state index contributed by atoms with van der Waals surface area (Å²) in [6.07, 6.45) is -1.01. The lowest BCUT2D eigenvalue weighted by Gasteiger charge is -2.14. The zero-order chi connectivity index (χ0) is 23.9. The summed E-state index contributed by atoms with van der Waals surface area (Å²) in [5.41, 5.74) is 0.638. The maximum Gasteiger partial charge on any atom is 0.333 e. The number of carbonyl (C=O) groups excluding carboxylic acids is 5. The third kappa shape index (κ3) is 11.2. The highest BCUT2D eigenvalue weighted by Crippen LogP contribution is 2.11. The zero-order valence-electron chi connectivity index (χ0n) is 17.4. The van der Waals surface area contributed by atoms with E-state index >= 15 is 0 Å². The maximum atomic E-state index is 11.9. The van der Waals surface area contributed by atoms with Crippen molar-refractivity contribution in [1.29, 1.82) is 0 Å². The molecule has 0 bridgehead atoms. The molecule has 0 spiro atoms. The van der Waals surface area contributed by atoms with Gasteiger partial charge < -0.3 is 20.7 Å². The molecule has 174 valence electrons. The van der Waals surface area contributed by atoms with Gasteiger partial charge in [-0.25, -0.2) is 9.68 Å². The van der Waals surface area contributed by atoms with E-state index in [0.717, 1.165) is 11.8 Å². The Balaban J connectivity index is 2.20. The van der Waals surface area contributed by atoms with E-state index in [0.29, 0.717) is 5.56 Å². The number of benzene rings is 1. The van der Waals surface area contributed by atoms with Crippen LogP contribution in [0.25, 0.3) is 0 Å². The lowest BCUT2D eigenvalue weighted by molar-refractivity contribution is -0.283. The summed E-state index contributed by atoms with van der Waals surface area (Å²) >= 11 is 0.811. The first-order valence-corrected chi connectivity index (χ1v) is 10.4. The van der Waals surface area contributed by atoms with Crippen molar-refractivity contribution in [2.75, 3.05) is 32.0 Å². The van der Waals surface area contributed by atoms with Crippen LogP contribution in [0.15, 0.2) is 42.5 Å². The van der Waals surface area contributed by atoms with Crippen LogP contribution in [0.1, 0.15) is 17.3 Å². The molecule has 1 aromatic rings. The predicted octanol–water partition coefficient (Wildman–Crippen LogP) is -0.114. The van der Waals surface area contributed by atoms with Crippen molar-refractivity contribution in [1.82, 2.24) is 16.0 Å². The molecule has 0 radical (unpaired) electrons. The van der Waals surface area contributed by atoms with Crippen LogP contribution in [0.4, 0.5) is 0 Å². The second kappa shape index (κ2) is 14.7. The highest BCUT2D eigenvalue weighted by molar-refractivity contribution is 8.14. The van der Waals surface area contributed by atoms with E-state index in [9.17, 15) is 24.0 Å². The average Bonchev–Trinajstić information content (AvgIpc) is 2.80. The Morgan fingerprint density at radius 1 is 1.00 bits per heavy atom. The number of amides is 3. The van der Waals surface area contributed by atoms with Crippen molar-refractivity contribution in [2.24, 2.45) is 0 Å². The molecule has 0 fully saturated rings. The first kappa shape index (κ1) is 26.8. The summed E-state index contributed by atoms with van der Waals surface area (Å²) < 4.78 is 4.79. The van der Waals surface area contributed by atoms with Gasteiger partial charge in [0, 0.05) is 11.1 Å². The molecule has 1 rings (SSSR count). The highest BCUT2D eigenvalue weighted by Gasteiger charge is 2.15. The number of hydrogen-bond donors (Lipinski definition) is 4. The molecule has 0 aromatic heterocycles. The molecular formula is C20H25N3O8S. The van der Waals surface area contributed by atoms with E-state index in [-0.39, 0.29) is 42.7 Å². The molecule has 11 nitrogen and oxygen atoms in total. The van der Waals surface area contributed by atoms with Crippen molar-refractivity contribution in [2.45, 2.75) is 13.0 Å². The number of carbonyl (C=O) groups is 5. The molecular weight excluding hydrogens is 442 g/mol. The highest BCUT2D eigenvalue weighted by atomic mass is 32.2. The third-order valence-corrected chi connectivity index (χ3v) is 4.57. The minimum atomic E-state index is -1.01. The van der Waals surface area contributed by atoms with Gasteiger partial charge in [0.15, 0.2) is 0 Å². The van der Waals surface area contributed by atoms with E-state index in [1.54, 1.807) is 30.3 Å². The molecule has 12 heteroatoms. The molecule has 3 amide bonds. The number of thioether (sulfide) groups is 1. The second-order valence-corrected chi connectivity index (χ2v) is 7.35. The molecule has 0 saturated carbocycles. The quantitative estimate of drug-likeness (QED) is 0.134. The topological polar surface area (TPSA) is 160 Å². The Bertz CT molecular complexity index is 831. The number of hydrogen-bond acceptors (Lipinski definition) is 9. The third-order valence-electron chi connectivity index (χ3n) is 3.66. The van der Waals surface area contributed by atoms with Crippen LogP contribution in [0.3, 0.4) is 0 Å². The second-order valence-electron chi connectivity index (χ2n) is 6.41. The summed E-state index contributed by atoms with van der Waals surface area (Å²) in [5, 5.41) is 15.5. The van der Waals surface area contributed by atoms with E-state index in [1.165, 1.54) is 6.92 Å². The molecule has 0 aliphatic rings. The van der Waals surface area contributed by atoms with Crippen LogP contribution in [0.2, 0.25) is 0 Å². The lowest BCUT2D eigenvalue weighted by Crippen LogP contribution is -2.44. The van der Waals surface area contributed by atoms with E-state index in [2.05, 4.69) is 27.4 Å². The minimum absolute atomic E-state index is 0.153. The van der Waals surface area contributed by atoms with Crippen LogP contribution < -0.4 is 16.0 Å². The van der Waals surface area contributed by atoms with Gasteiger partial charge in [-0.1, -0.05) is 48.7 Å². The first-order chi connectivity index (χ1) is 15.2. The Hall–Kier alpha value is -3.22. The van der Waals surface area contributed by atoms with E-state index < -0.39 is 29.8 Å². The van der Waals surface area contributed by atoms with Crippen LogP contribution >= 0.6 is 11.8 Å². The fourth-order valence-corrected chi connectivity index (χ4v) is 2.64. The average molecular weight is 468 g/mol. The number of rotatable bonds is 13. The van der Waals surface area contributed by atoms with Crippen LogP contribution in [-0.4, -0.2) is 72.2 Å². The Morgan fingerprint density at radius 2 is 1.59 bits per heavy atom. The summed E-state index contributed by atoms with van der Waals surface area (Å²) in [6.45, 7) is 3.60. The predicted molar refractivity (Wildman–Crippen MR) is 116 cm³/mol. The molecule has 1 unspecified atom stereocenters. The fourth-order valence-electron chi connectivity index (χ4n) is 1.97. The Kier molecular flexibility index (Phi) is 12.3. The van der Waals surface area contributed by atoms with Crippen molar-refractivity contribution < 1.29 is 38.9 Å². The molecule has 32 heavy (non-hydrogen) atoms. The standard InChI is InChI=1S/C20H25N3O8S/c1-13(2)19(27)30-11-15(31-29)8-21-16(24)9-22-17(25)10-23-18(26)12-32-20(28)14-6-4-3-5-7-14/h3-7,15,29H,1,8-12H2,2H3,(H,21,24)(H,22,25)(H,23,26). The zero-order valence-corrected chi connectivity index (χ0v) is 18.2. The smallest absolute Gasteiger partial charge is 0.333 e. The molecule has 4 N–H and O–H groups in total. The van der Waals surface area contributed by atoms with E-state index in [4.69, 9.17) is 9.99 Å². The normalized spacial score (nSPS) is 11.1. The fraction of sp³-hybridized carbons (Fsp3) is 0.350. The van der Waals surface area contributed by atoms with Gasteiger partial charge in [0.25, 0.3) is 0 Å². The van der Waals surface area contributed by atoms with Gasteiger partial charge in [-0.3, -0.25) is 24.4 Å². The van der Waals surface area contributed by atoms with Gasteiger partial charge in [-0.15, -0.1) is 0 Å². The number of ether oxygens (including phenoxy) is 1. The van der Waals surface area contributed by atoms with Gasteiger partial charge in [0.1, 0.15) is 12.7 Å². The molecule has 0 saturated heterocycles. The van der Waals surface area contributed by atoms with Gasteiger partial charge in [0.05, 0.1) is 25.4 Å². The summed E-state index contributed by atoms with van der Waals surface area (Å²) in [4.78, 5) is 62.5. The Labute approximate surface area is 188 Å². The molecule has 1 atom stereocenters. The Morgan fingerprint density at radius 3 is 2.19 bits per heavy atom. The molecule has 0 heterocycles. The molecule has 0 aliphatic heterocycles. The summed E-state index contributed by atoms with van der Waals surface area (Å²) in [6, 6.07) is 8.46. The largest absolute Gasteiger partial charge is 0.459 e. The van der Waals surface area contributed by atoms with Crippen LogP contribution in [0.5, 0.6) is 0 Å². The lowest BCUT2D eigenvalue weighted by atomic mass is 10.2. The number of esters is 1. The van der Waals surface area contributed by atoms with Gasteiger partial charge in [-0.2, -0.15) is 0 Å².